The van der Waals surface area contributed by atoms with Crippen LogP contribution in [0.2, 0.25) is 0 Å². The Morgan fingerprint density at radius 2 is 1.94 bits per heavy atom. The first-order valence-corrected chi connectivity index (χ1v) is 6.69. The highest BCUT2D eigenvalue weighted by Gasteiger charge is 2.11. The van der Waals surface area contributed by atoms with Gasteiger partial charge in [0.15, 0.2) is 0 Å². The van der Waals surface area contributed by atoms with E-state index in [9.17, 15) is 4.79 Å². The molecule has 18 heavy (non-hydrogen) atoms. The predicted octanol–water partition coefficient (Wildman–Crippen LogP) is 3.70. The maximum atomic E-state index is 11.8. The van der Waals surface area contributed by atoms with E-state index in [2.05, 4.69) is 6.92 Å². The molecule has 1 aromatic rings. The van der Waals surface area contributed by atoms with Crippen LogP contribution >= 0.6 is 0 Å². The quantitative estimate of drug-likeness (QED) is 0.455. The van der Waals surface area contributed by atoms with Gasteiger partial charge in [-0.3, -0.25) is 0 Å². The Hall–Kier alpha value is -1.51. The highest BCUT2D eigenvalue weighted by molar-refractivity contribution is 5.92. The molecule has 100 valence electrons. The summed E-state index contributed by atoms with van der Waals surface area (Å²) >= 11 is 0. The Kier molecular flexibility index (Phi) is 6.26. The summed E-state index contributed by atoms with van der Waals surface area (Å²) in [6.07, 6.45) is 5.75. The molecule has 0 spiro atoms. The number of anilines is 1. The van der Waals surface area contributed by atoms with E-state index in [-0.39, 0.29) is 5.97 Å². The maximum absolute atomic E-state index is 11.8. The first-order valence-electron chi connectivity index (χ1n) is 6.69. The lowest BCUT2D eigenvalue weighted by atomic mass is 10.1. The summed E-state index contributed by atoms with van der Waals surface area (Å²) in [5, 5.41) is 0. The molecule has 0 saturated carbocycles. The first kappa shape index (κ1) is 14.6. The Morgan fingerprint density at radius 1 is 1.22 bits per heavy atom. The summed E-state index contributed by atoms with van der Waals surface area (Å²) in [7, 11) is 0. The van der Waals surface area contributed by atoms with E-state index in [0.717, 1.165) is 18.4 Å². The highest BCUT2D eigenvalue weighted by Crippen LogP contribution is 2.16. The van der Waals surface area contributed by atoms with E-state index < -0.39 is 0 Å². The second kappa shape index (κ2) is 7.75. The molecule has 0 aliphatic heterocycles. The molecule has 0 saturated heterocycles. The van der Waals surface area contributed by atoms with Crippen LogP contribution in [0.1, 0.15) is 54.9 Å². The number of hydrogen-bond donors (Lipinski definition) is 1. The molecule has 2 N–H and O–H groups in total. The number of nitrogens with two attached hydrogens (primary N) is 1. The van der Waals surface area contributed by atoms with Crippen LogP contribution < -0.4 is 5.73 Å². The molecule has 1 rings (SSSR count). The molecule has 0 bridgehead atoms. The molecule has 0 aromatic heterocycles. The van der Waals surface area contributed by atoms with E-state index in [4.69, 9.17) is 10.5 Å². The molecule has 0 unspecified atom stereocenters. The molecule has 3 heteroatoms. The van der Waals surface area contributed by atoms with Crippen molar-refractivity contribution in [3.63, 3.8) is 0 Å². The summed E-state index contributed by atoms with van der Waals surface area (Å²) in [6, 6.07) is 5.32. The van der Waals surface area contributed by atoms with E-state index in [1.165, 1.54) is 19.3 Å². The third-order valence-electron chi connectivity index (χ3n) is 3.08. The minimum Gasteiger partial charge on any atom is -0.462 e. The number of carbonyl (C=O) groups excluding carboxylic acids is 1. The molecule has 0 aliphatic carbocycles. The molecular formula is C15H23NO2. The average Bonchev–Trinajstić information content (AvgIpc) is 2.36. The van der Waals surface area contributed by atoms with E-state index in [1.807, 2.05) is 6.92 Å². The average molecular weight is 249 g/mol. The van der Waals surface area contributed by atoms with Crippen molar-refractivity contribution < 1.29 is 9.53 Å². The van der Waals surface area contributed by atoms with Crippen molar-refractivity contribution in [2.24, 2.45) is 0 Å². The first-order chi connectivity index (χ1) is 8.66. The monoisotopic (exact) mass is 249 g/mol. The smallest absolute Gasteiger partial charge is 0.338 e. The molecule has 0 heterocycles. The van der Waals surface area contributed by atoms with Crippen LogP contribution in [0.5, 0.6) is 0 Å². The summed E-state index contributed by atoms with van der Waals surface area (Å²) in [6.45, 7) is 4.52. The normalized spacial score (nSPS) is 10.3. The standard InChI is InChI=1S/C15H23NO2/c1-3-4-5-6-7-11-18-15(17)13-9-8-10-14(16)12(13)2/h8-10H,3-7,11,16H2,1-2H3. The Labute approximate surface area is 109 Å². The van der Waals surface area contributed by atoms with Gasteiger partial charge in [-0.2, -0.15) is 0 Å². The van der Waals surface area contributed by atoms with Crippen LogP contribution in [0.4, 0.5) is 5.69 Å². The number of nitrogen functional groups attached to an aromatic ring is 1. The van der Waals surface area contributed by atoms with Gasteiger partial charge in [-0.15, -0.1) is 0 Å². The maximum Gasteiger partial charge on any atom is 0.338 e. The number of unbranched alkanes of at least 4 members (excludes halogenated alkanes) is 4. The second-order valence-corrected chi connectivity index (χ2v) is 4.57. The minimum atomic E-state index is -0.268. The van der Waals surface area contributed by atoms with Gasteiger partial charge in [-0.1, -0.05) is 38.7 Å². The third-order valence-corrected chi connectivity index (χ3v) is 3.08. The Bertz CT molecular complexity index is 388. The van der Waals surface area contributed by atoms with Crippen molar-refractivity contribution in [1.82, 2.24) is 0 Å². The summed E-state index contributed by atoms with van der Waals surface area (Å²) in [4.78, 5) is 11.8. The Morgan fingerprint density at radius 3 is 2.67 bits per heavy atom. The topological polar surface area (TPSA) is 52.3 Å². The lowest BCUT2D eigenvalue weighted by Gasteiger charge is -2.08. The van der Waals surface area contributed by atoms with E-state index >= 15 is 0 Å². The zero-order valence-electron chi connectivity index (χ0n) is 11.4. The lowest BCUT2D eigenvalue weighted by molar-refractivity contribution is 0.0497. The fourth-order valence-corrected chi connectivity index (χ4v) is 1.82. The van der Waals surface area contributed by atoms with Crippen molar-refractivity contribution in [2.45, 2.75) is 46.0 Å². The second-order valence-electron chi connectivity index (χ2n) is 4.57. The number of carbonyl (C=O) groups is 1. The fourth-order valence-electron chi connectivity index (χ4n) is 1.82. The molecule has 0 atom stereocenters. The molecule has 3 nitrogen and oxygen atoms in total. The third kappa shape index (κ3) is 4.40. The molecule has 0 aliphatic rings. The SMILES string of the molecule is CCCCCCCOC(=O)c1cccc(N)c1C. The number of ether oxygens (including phenoxy) is 1. The molecule has 0 amide bonds. The zero-order chi connectivity index (χ0) is 13.4. The predicted molar refractivity (Wildman–Crippen MR) is 74.6 cm³/mol. The van der Waals surface area contributed by atoms with Crippen LogP contribution in [-0.4, -0.2) is 12.6 Å². The van der Waals surface area contributed by atoms with Crippen LogP contribution in [0.15, 0.2) is 18.2 Å². The van der Waals surface area contributed by atoms with Gasteiger partial charge in [0.2, 0.25) is 0 Å². The van der Waals surface area contributed by atoms with E-state index in [1.54, 1.807) is 18.2 Å². The van der Waals surface area contributed by atoms with Gasteiger partial charge in [-0.25, -0.2) is 4.79 Å². The fraction of sp³-hybridized carbons (Fsp3) is 0.533. The summed E-state index contributed by atoms with van der Waals surface area (Å²) in [5.74, 6) is -0.268. The van der Waals surface area contributed by atoms with Crippen LogP contribution in [-0.2, 0) is 4.74 Å². The summed E-state index contributed by atoms with van der Waals surface area (Å²) in [5.41, 5.74) is 7.76. The van der Waals surface area contributed by atoms with Gasteiger partial charge in [0, 0.05) is 5.69 Å². The van der Waals surface area contributed by atoms with Crippen molar-refractivity contribution in [2.75, 3.05) is 12.3 Å². The highest BCUT2D eigenvalue weighted by atomic mass is 16.5. The number of rotatable bonds is 7. The van der Waals surface area contributed by atoms with Crippen molar-refractivity contribution in [1.29, 1.82) is 0 Å². The van der Waals surface area contributed by atoms with Crippen molar-refractivity contribution >= 4 is 11.7 Å². The minimum absolute atomic E-state index is 0.268. The van der Waals surface area contributed by atoms with Crippen molar-refractivity contribution in [3.05, 3.63) is 29.3 Å². The molecule has 0 radical (unpaired) electrons. The van der Waals surface area contributed by atoms with Gasteiger partial charge < -0.3 is 10.5 Å². The zero-order valence-corrected chi connectivity index (χ0v) is 11.4. The molecule has 0 fully saturated rings. The van der Waals surface area contributed by atoms with Gasteiger partial charge >= 0.3 is 5.97 Å². The van der Waals surface area contributed by atoms with Crippen molar-refractivity contribution in [3.8, 4) is 0 Å². The number of benzene rings is 1. The molecular weight excluding hydrogens is 226 g/mol. The summed E-state index contributed by atoms with van der Waals surface area (Å²) < 4.78 is 5.25. The molecule has 1 aromatic carbocycles. The Balaban J connectivity index is 2.35. The van der Waals surface area contributed by atoms with Gasteiger partial charge in [0.1, 0.15) is 0 Å². The number of hydrogen-bond acceptors (Lipinski definition) is 3. The van der Waals surface area contributed by atoms with Gasteiger partial charge in [0.25, 0.3) is 0 Å². The van der Waals surface area contributed by atoms with Gasteiger partial charge in [0.05, 0.1) is 12.2 Å². The lowest BCUT2D eigenvalue weighted by Crippen LogP contribution is -2.09. The number of esters is 1. The largest absolute Gasteiger partial charge is 0.462 e. The van der Waals surface area contributed by atoms with Crippen LogP contribution in [0.25, 0.3) is 0 Å². The van der Waals surface area contributed by atoms with Crippen LogP contribution in [0.3, 0.4) is 0 Å². The van der Waals surface area contributed by atoms with Crippen LogP contribution in [0, 0.1) is 6.92 Å². The van der Waals surface area contributed by atoms with E-state index in [0.29, 0.717) is 17.9 Å². The van der Waals surface area contributed by atoms with Gasteiger partial charge in [-0.05, 0) is 31.0 Å².